The van der Waals surface area contributed by atoms with Crippen LogP contribution in [0.3, 0.4) is 0 Å². The van der Waals surface area contributed by atoms with E-state index in [-0.39, 0.29) is 10.6 Å². The number of nitrogens with two attached hydrogens (primary N) is 1. The lowest BCUT2D eigenvalue weighted by Gasteiger charge is -2.10. The van der Waals surface area contributed by atoms with E-state index in [2.05, 4.69) is 0 Å². The largest absolute Gasteiger partial charge is 0.416 e. The van der Waals surface area contributed by atoms with Crippen molar-refractivity contribution in [3.63, 3.8) is 0 Å². The smallest absolute Gasteiger partial charge is 0.398 e. The molecule has 0 saturated carbocycles. The number of sulfone groups is 1. The molecule has 0 bridgehead atoms. The Morgan fingerprint density at radius 2 is 1.57 bits per heavy atom. The minimum atomic E-state index is -4.40. The molecule has 0 aliphatic rings. The van der Waals surface area contributed by atoms with Gasteiger partial charge in [0.2, 0.25) is 0 Å². The SMILES string of the molecule is CS(=O)(=O)c1ccc(-c2ccc(C(F)(F)F)cc2)c(N)c1. The van der Waals surface area contributed by atoms with Gasteiger partial charge in [0.05, 0.1) is 10.5 Å². The van der Waals surface area contributed by atoms with Crippen molar-refractivity contribution in [1.82, 2.24) is 0 Å². The van der Waals surface area contributed by atoms with E-state index < -0.39 is 21.6 Å². The fourth-order valence-corrected chi connectivity index (χ4v) is 2.53. The fraction of sp³-hybridized carbons (Fsp3) is 0.143. The first-order valence-corrected chi connectivity index (χ1v) is 7.75. The molecule has 0 aliphatic heterocycles. The lowest BCUT2D eigenvalue weighted by Crippen LogP contribution is -2.04. The van der Waals surface area contributed by atoms with E-state index in [4.69, 9.17) is 5.73 Å². The molecule has 0 aliphatic carbocycles. The van der Waals surface area contributed by atoms with Crippen LogP contribution in [0, 0.1) is 0 Å². The van der Waals surface area contributed by atoms with E-state index in [1.165, 1.54) is 30.3 Å². The zero-order valence-electron chi connectivity index (χ0n) is 11.0. The van der Waals surface area contributed by atoms with Gasteiger partial charge >= 0.3 is 6.18 Å². The average Bonchev–Trinajstić information content (AvgIpc) is 2.36. The van der Waals surface area contributed by atoms with Gasteiger partial charge in [0.15, 0.2) is 9.84 Å². The number of rotatable bonds is 2. The van der Waals surface area contributed by atoms with E-state index in [9.17, 15) is 21.6 Å². The number of alkyl halides is 3. The van der Waals surface area contributed by atoms with Crippen molar-refractivity contribution in [1.29, 1.82) is 0 Å². The normalized spacial score (nSPS) is 12.4. The van der Waals surface area contributed by atoms with Gasteiger partial charge < -0.3 is 5.73 Å². The second-order valence-corrected chi connectivity index (χ2v) is 6.61. The molecular formula is C14H12F3NO2S. The molecule has 0 aromatic heterocycles. The number of benzene rings is 2. The number of hydrogen-bond acceptors (Lipinski definition) is 3. The maximum atomic E-state index is 12.5. The number of halogens is 3. The van der Waals surface area contributed by atoms with E-state index in [1.807, 2.05) is 0 Å². The Hall–Kier alpha value is -2.02. The summed E-state index contributed by atoms with van der Waals surface area (Å²) in [5.74, 6) is 0. The van der Waals surface area contributed by atoms with Crippen LogP contribution in [0.4, 0.5) is 18.9 Å². The van der Waals surface area contributed by atoms with E-state index in [0.717, 1.165) is 18.4 Å². The molecule has 2 rings (SSSR count). The van der Waals surface area contributed by atoms with Crippen LogP contribution in [0.1, 0.15) is 5.56 Å². The third-order valence-corrected chi connectivity index (χ3v) is 4.08. The Balaban J connectivity index is 2.44. The van der Waals surface area contributed by atoms with Crippen LogP contribution in [0.25, 0.3) is 11.1 Å². The summed E-state index contributed by atoms with van der Waals surface area (Å²) in [6.45, 7) is 0. The highest BCUT2D eigenvalue weighted by Gasteiger charge is 2.30. The zero-order valence-corrected chi connectivity index (χ0v) is 11.8. The van der Waals surface area contributed by atoms with Crippen LogP contribution in [0.2, 0.25) is 0 Å². The predicted molar refractivity (Wildman–Crippen MR) is 74.4 cm³/mol. The van der Waals surface area contributed by atoms with Gasteiger partial charge in [-0.25, -0.2) is 8.42 Å². The molecule has 0 unspecified atom stereocenters. The zero-order chi connectivity index (χ0) is 15.8. The summed E-state index contributed by atoms with van der Waals surface area (Å²) >= 11 is 0. The molecule has 21 heavy (non-hydrogen) atoms. The highest BCUT2D eigenvalue weighted by molar-refractivity contribution is 7.90. The Kier molecular flexibility index (Phi) is 3.71. The van der Waals surface area contributed by atoms with Gasteiger partial charge in [-0.3, -0.25) is 0 Å². The average molecular weight is 315 g/mol. The van der Waals surface area contributed by atoms with Gasteiger partial charge in [0.25, 0.3) is 0 Å². The van der Waals surface area contributed by atoms with Crippen LogP contribution in [-0.2, 0) is 16.0 Å². The molecular weight excluding hydrogens is 303 g/mol. The van der Waals surface area contributed by atoms with Gasteiger partial charge in [-0.1, -0.05) is 18.2 Å². The lowest BCUT2D eigenvalue weighted by atomic mass is 10.0. The number of hydrogen-bond donors (Lipinski definition) is 1. The number of nitrogen functional groups attached to an aromatic ring is 1. The maximum absolute atomic E-state index is 12.5. The molecule has 0 fully saturated rings. The third-order valence-electron chi connectivity index (χ3n) is 2.97. The third kappa shape index (κ3) is 3.36. The fourth-order valence-electron chi connectivity index (χ4n) is 1.87. The van der Waals surface area contributed by atoms with Crippen LogP contribution >= 0.6 is 0 Å². The van der Waals surface area contributed by atoms with Gasteiger partial charge in [-0.05, 0) is 29.8 Å². The summed E-state index contributed by atoms with van der Waals surface area (Å²) in [5.41, 5.74) is 6.20. The molecule has 3 nitrogen and oxygen atoms in total. The van der Waals surface area contributed by atoms with Crippen LogP contribution in [0.5, 0.6) is 0 Å². The first-order chi connectivity index (χ1) is 9.59. The van der Waals surface area contributed by atoms with E-state index >= 15 is 0 Å². The summed E-state index contributed by atoms with van der Waals surface area (Å²) in [5, 5.41) is 0. The van der Waals surface area contributed by atoms with E-state index in [0.29, 0.717) is 11.1 Å². The predicted octanol–water partition coefficient (Wildman–Crippen LogP) is 3.36. The molecule has 0 amide bonds. The topological polar surface area (TPSA) is 60.2 Å². The molecule has 7 heteroatoms. The monoisotopic (exact) mass is 315 g/mol. The summed E-state index contributed by atoms with van der Waals surface area (Å²) < 4.78 is 60.3. The van der Waals surface area contributed by atoms with Crippen molar-refractivity contribution < 1.29 is 21.6 Å². The molecule has 0 heterocycles. The Labute approximate surface area is 120 Å². The molecule has 0 atom stereocenters. The first kappa shape index (κ1) is 15.4. The summed E-state index contributed by atoms with van der Waals surface area (Å²) in [6.07, 6.45) is -3.34. The minimum absolute atomic E-state index is 0.0654. The standard InChI is InChI=1S/C14H12F3NO2S/c1-21(19,20)11-6-7-12(13(18)8-11)9-2-4-10(5-3-9)14(15,16)17/h2-8H,18H2,1H3. The van der Waals surface area contributed by atoms with Crippen molar-refractivity contribution in [3.05, 3.63) is 48.0 Å². The van der Waals surface area contributed by atoms with Gasteiger partial charge in [-0.15, -0.1) is 0 Å². The van der Waals surface area contributed by atoms with Crippen molar-refractivity contribution in [2.45, 2.75) is 11.1 Å². The highest BCUT2D eigenvalue weighted by Crippen LogP contribution is 2.33. The molecule has 0 radical (unpaired) electrons. The maximum Gasteiger partial charge on any atom is 0.416 e. The van der Waals surface area contributed by atoms with Crippen LogP contribution in [0.15, 0.2) is 47.4 Å². The first-order valence-electron chi connectivity index (χ1n) is 5.86. The summed E-state index contributed by atoms with van der Waals surface area (Å²) in [7, 11) is -3.38. The minimum Gasteiger partial charge on any atom is -0.398 e. The Bertz CT molecular complexity index is 766. The molecule has 112 valence electrons. The van der Waals surface area contributed by atoms with Gasteiger partial charge in [0, 0.05) is 17.5 Å². The molecule has 2 aromatic rings. The quantitative estimate of drug-likeness (QED) is 0.865. The van der Waals surface area contributed by atoms with Crippen molar-refractivity contribution in [3.8, 4) is 11.1 Å². The highest BCUT2D eigenvalue weighted by atomic mass is 32.2. The second kappa shape index (κ2) is 5.07. The lowest BCUT2D eigenvalue weighted by molar-refractivity contribution is -0.137. The molecule has 2 aromatic carbocycles. The van der Waals surface area contributed by atoms with Gasteiger partial charge in [-0.2, -0.15) is 13.2 Å². The Morgan fingerprint density at radius 3 is 2.00 bits per heavy atom. The second-order valence-electron chi connectivity index (χ2n) is 4.60. The van der Waals surface area contributed by atoms with Gasteiger partial charge in [0.1, 0.15) is 0 Å². The van der Waals surface area contributed by atoms with Crippen molar-refractivity contribution in [2.24, 2.45) is 0 Å². The summed E-state index contributed by atoms with van der Waals surface area (Å²) in [4.78, 5) is 0.0654. The molecule has 0 saturated heterocycles. The van der Waals surface area contributed by atoms with Crippen LogP contribution in [-0.4, -0.2) is 14.7 Å². The van der Waals surface area contributed by atoms with E-state index in [1.54, 1.807) is 0 Å². The summed E-state index contributed by atoms with van der Waals surface area (Å²) in [6, 6.07) is 8.66. The molecule has 2 N–H and O–H groups in total. The molecule has 0 spiro atoms. The number of anilines is 1. The van der Waals surface area contributed by atoms with Crippen molar-refractivity contribution >= 4 is 15.5 Å². The van der Waals surface area contributed by atoms with Crippen LogP contribution < -0.4 is 5.73 Å². The van der Waals surface area contributed by atoms with Crippen molar-refractivity contribution in [2.75, 3.05) is 12.0 Å². The Morgan fingerprint density at radius 1 is 1.00 bits per heavy atom.